The summed E-state index contributed by atoms with van der Waals surface area (Å²) in [5.41, 5.74) is 0.567. The van der Waals surface area contributed by atoms with Crippen LogP contribution in [0.2, 0.25) is 5.15 Å². The molecule has 1 saturated heterocycles. The third-order valence-electron chi connectivity index (χ3n) is 3.80. The predicted octanol–water partition coefficient (Wildman–Crippen LogP) is 1.94. The van der Waals surface area contributed by atoms with Crippen molar-refractivity contribution in [1.29, 1.82) is 0 Å². The van der Waals surface area contributed by atoms with Crippen molar-refractivity contribution in [1.82, 2.24) is 14.8 Å². The van der Waals surface area contributed by atoms with Crippen molar-refractivity contribution in [3.05, 3.63) is 22.8 Å². The Morgan fingerprint density at radius 3 is 2.95 bits per heavy atom. The molecule has 1 amide bonds. The van der Waals surface area contributed by atoms with E-state index in [-0.39, 0.29) is 5.91 Å². The Kier molecular flexibility index (Phi) is 4.83. The molecule has 1 atom stereocenters. The summed E-state index contributed by atoms with van der Waals surface area (Å²) in [5.74, 6) is 0.582. The average Bonchev–Trinajstić information content (AvgIpc) is 2.82. The van der Waals surface area contributed by atoms with Crippen LogP contribution in [0.4, 0.5) is 5.82 Å². The summed E-state index contributed by atoms with van der Waals surface area (Å²) in [5, 5.41) is 3.23. The molecule has 1 N–H and O–H groups in total. The number of pyridine rings is 1. The smallest absolute Gasteiger partial charge is 0.253 e. The minimum Gasteiger partial charge on any atom is -0.373 e. The Morgan fingerprint density at radius 2 is 2.35 bits per heavy atom. The summed E-state index contributed by atoms with van der Waals surface area (Å²) in [7, 11) is 5.70. The monoisotopic (exact) mass is 296 g/mol. The lowest BCUT2D eigenvalue weighted by Crippen LogP contribution is -2.39. The molecule has 1 unspecified atom stereocenters. The van der Waals surface area contributed by atoms with E-state index < -0.39 is 0 Å². The van der Waals surface area contributed by atoms with Crippen molar-refractivity contribution in [2.24, 2.45) is 0 Å². The summed E-state index contributed by atoms with van der Waals surface area (Å²) < 4.78 is 0. The van der Waals surface area contributed by atoms with Crippen LogP contribution in [0.25, 0.3) is 0 Å². The molecule has 6 heteroatoms. The van der Waals surface area contributed by atoms with E-state index in [2.05, 4.69) is 22.2 Å². The van der Waals surface area contributed by atoms with Crippen molar-refractivity contribution < 1.29 is 4.79 Å². The maximum absolute atomic E-state index is 12.5. The van der Waals surface area contributed by atoms with Gasteiger partial charge < -0.3 is 15.1 Å². The number of carbonyl (C=O) groups excluding carboxylic acids is 1. The maximum atomic E-state index is 12.5. The molecule has 110 valence electrons. The minimum absolute atomic E-state index is 0.0221. The molecule has 0 radical (unpaired) electrons. The van der Waals surface area contributed by atoms with Crippen LogP contribution < -0.4 is 5.32 Å². The highest BCUT2D eigenvalue weighted by Crippen LogP contribution is 2.18. The summed E-state index contributed by atoms with van der Waals surface area (Å²) in [6.45, 7) is 1.85. The standard InChI is InChI=1S/C14H21ClN4O/c1-16-13-8-10(7-12(15)17-13)14(20)19(3)9-11-5-4-6-18(11)2/h7-8,11H,4-6,9H2,1-3H3,(H,16,17). The number of halogens is 1. The number of carbonyl (C=O) groups is 1. The lowest BCUT2D eigenvalue weighted by Gasteiger charge is -2.26. The molecule has 1 aromatic heterocycles. The largest absolute Gasteiger partial charge is 0.373 e. The number of likely N-dealkylation sites (N-methyl/N-ethyl adjacent to an activating group) is 2. The Morgan fingerprint density at radius 1 is 1.60 bits per heavy atom. The van der Waals surface area contributed by atoms with Gasteiger partial charge in [-0.05, 0) is 38.6 Å². The number of nitrogens with one attached hydrogen (secondary N) is 1. The van der Waals surface area contributed by atoms with Crippen molar-refractivity contribution in [2.75, 3.05) is 39.5 Å². The van der Waals surface area contributed by atoms with Gasteiger partial charge in [0.15, 0.2) is 0 Å². The highest BCUT2D eigenvalue weighted by Gasteiger charge is 2.24. The molecule has 0 spiro atoms. The third kappa shape index (κ3) is 3.41. The van der Waals surface area contributed by atoms with Crippen LogP contribution in [0.5, 0.6) is 0 Å². The van der Waals surface area contributed by atoms with E-state index in [1.807, 2.05) is 7.05 Å². The van der Waals surface area contributed by atoms with Crippen LogP contribution in [-0.4, -0.2) is 61.0 Å². The zero-order chi connectivity index (χ0) is 14.7. The number of anilines is 1. The Bertz CT molecular complexity index is 494. The Balaban J connectivity index is 2.08. The average molecular weight is 297 g/mol. The van der Waals surface area contributed by atoms with Gasteiger partial charge in [-0.15, -0.1) is 0 Å². The number of hydrogen-bond donors (Lipinski definition) is 1. The summed E-state index contributed by atoms with van der Waals surface area (Å²) >= 11 is 5.94. The first kappa shape index (κ1) is 15.1. The fourth-order valence-electron chi connectivity index (χ4n) is 2.58. The zero-order valence-corrected chi connectivity index (χ0v) is 12.9. The molecule has 2 rings (SSSR count). The van der Waals surface area contributed by atoms with E-state index in [1.54, 1.807) is 24.1 Å². The molecule has 1 fully saturated rings. The molecule has 1 aliphatic rings. The van der Waals surface area contributed by atoms with E-state index in [0.29, 0.717) is 22.6 Å². The van der Waals surface area contributed by atoms with Crippen molar-refractivity contribution in [2.45, 2.75) is 18.9 Å². The first-order valence-corrected chi connectivity index (χ1v) is 7.20. The van der Waals surface area contributed by atoms with Gasteiger partial charge in [0.2, 0.25) is 0 Å². The van der Waals surface area contributed by atoms with Gasteiger partial charge in [0.1, 0.15) is 11.0 Å². The molecule has 0 aliphatic carbocycles. The SMILES string of the molecule is CNc1cc(C(=O)N(C)CC2CCCN2C)cc(Cl)n1. The lowest BCUT2D eigenvalue weighted by molar-refractivity contribution is 0.0761. The number of hydrogen-bond acceptors (Lipinski definition) is 4. The van der Waals surface area contributed by atoms with Gasteiger partial charge >= 0.3 is 0 Å². The molecule has 5 nitrogen and oxygen atoms in total. The fraction of sp³-hybridized carbons (Fsp3) is 0.571. The van der Waals surface area contributed by atoms with Crippen LogP contribution >= 0.6 is 11.6 Å². The van der Waals surface area contributed by atoms with Crippen LogP contribution in [0.15, 0.2) is 12.1 Å². The Labute approximate surface area is 124 Å². The molecule has 2 heterocycles. The number of likely N-dealkylation sites (tertiary alicyclic amines) is 1. The lowest BCUT2D eigenvalue weighted by atomic mass is 10.2. The predicted molar refractivity (Wildman–Crippen MR) is 81.4 cm³/mol. The van der Waals surface area contributed by atoms with Crippen molar-refractivity contribution in [3.8, 4) is 0 Å². The van der Waals surface area contributed by atoms with E-state index >= 15 is 0 Å². The zero-order valence-electron chi connectivity index (χ0n) is 12.2. The Hall–Kier alpha value is -1.33. The molecule has 1 aromatic rings. The van der Waals surface area contributed by atoms with E-state index in [9.17, 15) is 4.79 Å². The summed E-state index contributed by atoms with van der Waals surface area (Å²) in [6.07, 6.45) is 2.35. The van der Waals surface area contributed by atoms with E-state index in [0.717, 1.165) is 19.5 Å². The molecule has 0 bridgehead atoms. The first-order valence-electron chi connectivity index (χ1n) is 6.82. The molecular formula is C14H21ClN4O. The van der Waals surface area contributed by atoms with Crippen molar-refractivity contribution >= 4 is 23.3 Å². The molecule has 0 aromatic carbocycles. The minimum atomic E-state index is -0.0221. The number of amides is 1. The summed E-state index contributed by atoms with van der Waals surface area (Å²) in [6, 6.07) is 3.79. The highest BCUT2D eigenvalue weighted by atomic mass is 35.5. The quantitative estimate of drug-likeness (QED) is 0.863. The van der Waals surface area contributed by atoms with Gasteiger partial charge in [0.05, 0.1) is 0 Å². The van der Waals surface area contributed by atoms with Gasteiger partial charge in [-0.25, -0.2) is 4.98 Å². The van der Waals surface area contributed by atoms with E-state index in [1.165, 1.54) is 6.42 Å². The fourth-order valence-corrected chi connectivity index (χ4v) is 2.79. The topological polar surface area (TPSA) is 48.5 Å². The van der Waals surface area contributed by atoms with E-state index in [4.69, 9.17) is 11.6 Å². The summed E-state index contributed by atoms with van der Waals surface area (Å²) in [4.78, 5) is 20.6. The van der Waals surface area contributed by atoms with Crippen LogP contribution in [0.3, 0.4) is 0 Å². The van der Waals surface area contributed by atoms with Gasteiger partial charge in [-0.3, -0.25) is 4.79 Å². The normalized spacial score (nSPS) is 19.1. The van der Waals surface area contributed by atoms with Gasteiger partial charge in [0, 0.05) is 32.2 Å². The highest BCUT2D eigenvalue weighted by molar-refractivity contribution is 6.29. The molecule has 1 aliphatic heterocycles. The van der Waals surface area contributed by atoms with Crippen LogP contribution in [-0.2, 0) is 0 Å². The van der Waals surface area contributed by atoms with Gasteiger partial charge in [-0.1, -0.05) is 11.6 Å². The van der Waals surface area contributed by atoms with Crippen molar-refractivity contribution in [3.63, 3.8) is 0 Å². The second-order valence-corrected chi connectivity index (χ2v) is 5.66. The number of nitrogens with zero attached hydrogens (tertiary/aromatic N) is 3. The van der Waals surface area contributed by atoms with Gasteiger partial charge in [0.25, 0.3) is 5.91 Å². The second-order valence-electron chi connectivity index (χ2n) is 5.28. The van der Waals surface area contributed by atoms with Gasteiger partial charge in [-0.2, -0.15) is 0 Å². The molecule has 0 saturated carbocycles. The number of aromatic nitrogens is 1. The first-order chi connectivity index (χ1) is 9.51. The maximum Gasteiger partial charge on any atom is 0.253 e. The second kappa shape index (κ2) is 6.41. The van der Waals surface area contributed by atoms with Crippen LogP contribution in [0, 0.1) is 0 Å². The van der Waals surface area contributed by atoms with Crippen LogP contribution in [0.1, 0.15) is 23.2 Å². The molecular weight excluding hydrogens is 276 g/mol. The molecule has 20 heavy (non-hydrogen) atoms. The number of rotatable bonds is 4. The third-order valence-corrected chi connectivity index (χ3v) is 3.99.